The van der Waals surface area contributed by atoms with E-state index >= 15 is 0 Å². The number of fused-ring (bicyclic) bond motifs is 6. The molecule has 1 saturated carbocycles. The van der Waals surface area contributed by atoms with Gasteiger partial charge in [-0.25, -0.2) is 0 Å². The number of rotatable bonds is 14. The number of hydrogen-bond acceptors (Lipinski definition) is 2. The van der Waals surface area contributed by atoms with Crippen LogP contribution in [0.4, 0.5) is 17.1 Å². The third-order valence-electron chi connectivity index (χ3n) is 20.1. The average Bonchev–Trinajstić information content (AvgIpc) is 1.33. The first-order valence-electron chi connectivity index (χ1n) is 33.6. The molecule has 0 amide bonds. The van der Waals surface area contributed by atoms with Crippen LogP contribution in [0.5, 0.6) is 0 Å². The van der Waals surface area contributed by atoms with Gasteiger partial charge in [0.2, 0.25) is 0 Å². The average molecular weight is 1270 g/mol. The lowest BCUT2D eigenvalue weighted by Gasteiger charge is -2.39. The Morgan fingerprint density at radius 1 is 0.271 bits per heavy atom. The fraction of sp³-hybridized carbons (Fsp3) is 0.0667. The van der Waals surface area contributed by atoms with Crippen LogP contribution in [0.15, 0.2) is 376 Å². The molecule has 0 atom stereocenters. The summed E-state index contributed by atoms with van der Waals surface area (Å²) in [5.41, 5.74) is 13.3. The number of aromatic nitrogens is 2. The molecule has 6 heteroatoms. The molecule has 0 radical (unpaired) electrons. The number of hydrogen-bond donors (Lipinski definition) is 0. The summed E-state index contributed by atoms with van der Waals surface area (Å²) in [6, 6.07) is 135. The molecular formula is C90H72N3OPSi. The van der Waals surface area contributed by atoms with Gasteiger partial charge in [0, 0.05) is 71.3 Å². The Labute approximate surface area is 563 Å². The molecule has 0 spiro atoms. The summed E-state index contributed by atoms with van der Waals surface area (Å²) in [6.45, 7) is 0. The Bertz CT molecular complexity index is 4980. The molecule has 14 aromatic carbocycles. The monoisotopic (exact) mass is 1270 g/mol. The van der Waals surface area contributed by atoms with E-state index in [0.29, 0.717) is 0 Å². The van der Waals surface area contributed by atoms with Crippen LogP contribution in [-0.2, 0) is 9.98 Å². The zero-order valence-corrected chi connectivity index (χ0v) is 55.4. The van der Waals surface area contributed by atoms with Crippen molar-refractivity contribution in [2.45, 2.75) is 37.5 Å². The van der Waals surface area contributed by atoms with Crippen molar-refractivity contribution in [3.63, 3.8) is 0 Å². The summed E-state index contributed by atoms with van der Waals surface area (Å²) in [4.78, 5) is 2.32. The lowest BCUT2D eigenvalue weighted by Crippen LogP contribution is -2.74. The second kappa shape index (κ2) is 26.0. The smallest absolute Gasteiger partial charge is 0.179 e. The van der Waals surface area contributed by atoms with E-state index in [2.05, 4.69) is 329 Å². The molecule has 2 heterocycles. The van der Waals surface area contributed by atoms with Gasteiger partial charge in [-0.05, 0) is 130 Å². The molecule has 0 N–H and O–H groups in total. The molecule has 462 valence electrons. The minimum absolute atomic E-state index is 0.0664. The maximum Gasteiger partial charge on any atom is 0.179 e. The van der Waals surface area contributed by atoms with E-state index in [1.165, 1.54) is 106 Å². The van der Waals surface area contributed by atoms with Crippen molar-refractivity contribution in [1.82, 2.24) is 9.13 Å². The molecule has 0 aliphatic heterocycles. The fourth-order valence-corrected chi connectivity index (χ4v) is 23.0. The molecule has 1 aliphatic rings. The van der Waals surface area contributed by atoms with Crippen molar-refractivity contribution in [2.75, 3.05) is 4.90 Å². The highest BCUT2D eigenvalue weighted by Crippen LogP contribution is 2.48. The van der Waals surface area contributed by atoms with E-state index < -0.39 is 15.2 Å². The SMILES string of the molecule is O=P(c1ccccc1)(c1ccccc1)c1ccc(C2(c3ccc(N(c4ccccc4)c4ccccc4)cc3)CCCCC2)cc1.c1ccc([Si](c2ccccc2)(c2ccc(-n3c4ccccc4c4ccccc43)cc2)c2ccc(-n3c4ccccc4c4ccccc43)cc2)cc1. The molecular weight excluding hydrogens is 1200 g/mol. The Balaban J connectivity index is 0.000000152. The zero-order chi connectivity index (χ0) is 64.3. The summed E-state index contributed by atoms with van der Waals surface area (Å²) < 4.78 is 19.8. The van der Waals surface area contributed by atoms with Gasteiger partial charge in [-0.3, -0.25) is 0 Å². The highest BCUT2D eigenvalue weighted by molar-refractivity contribution is 7.85. The van der Waals surface area contributed by atoms with Crippen LogP contribution in [0, 0.1) is 0 Å². The number of benzene rings is 14. The topological polar surface area (TPSA) is 30.2 Å². The van der Waals surface area contributed by atoms with Gasteiger partial charge in [-0.2, -0.15) is 0 Å². The van der Waals surface area contributed by atoms with Gasteiger partial charge < -0.3 is 18.6 Å². The first-order valence-corrected chi connectivity index (χ1v) is 37.3. The predicted molar refractivity (Wildman–Crippen MR) is 410 cm³/mol. The second-order valence-electron chi connectivity index (χ2n) is 25.3. The second-order valence-corrected chi connectivity index (χ2v) is 31.9. The Kier molecular flexibility index (Phi) is 16.2. The quantitative estimate of drug-likeness (QED) is 0.0617. The van der Waals surface area contributed by atoms with Gasteiger partial charge in [-0.15, -0.1) is 0 Å². The maximum atomic E-state index is 15.0. The summed E-state index contributed by atoms with van der Waals surface area (Å²) in [7, 11) is -5.76. The number of nitrogens with zero attached hydrogens (tertiary/aromatic N) is 3. The fourth-order valence-electron chi connectivity index (χ4n) is 15.6. The van der Waals surface area contributed by atoms with Crippen molar-refractivity contribution in [3.05, 3.63) is 387 Å². The van der Waals surface area contributed by atoms with Gasteiger partial charge >= 0.3 is 0 Å². The molecule has 1 aliphatic carbocycles. The van der Waals surface area contributed by atoms with E-state index in [9.17, 15) is 4.57 Å². The van der Waals surface area contributed by atoms with E-state index in [1.54, 1.807) is 0 Å². The first-order chi connectivity index (χ1) is 47.5. The van der Waals surface area contributed by atoms with Gasteiger partial charge in [-0.1, -0.05) is 310 Å². The zero-order valence-electron chi connectivity index (χ0n) is 53.5. The molecule has 17 rings (SSSR count). The molecule has 4 nitrogen and oxygen atoms in total. The van der Waals surface area contributed by atoms with E-state index in [1.807, 2.05) is 60.7 Å². The van der Waals surface area contributed by atoms with E-state index in [4.69, 9.17) is 0 Å². The largest absolute Gasteiger partial charge is 0.311 e. The van der Waals surface area contributed by atoms with Crippen molar-refractivity contribution in [2.24, 2.45) is 0 Å². The van der Waals surface area contributed by atoms with Crippen molar-refractivity contribution < 1.29 is 4.57 Å². The highest BCUT2D eigenvalue weighted by Gasteiger charge is 2.42. The van der Waals surface area contributed by atoms with Crippen LogP contribution in [0.25, 0.3) is 55.0 Å². The van der Waals surface area contributed by atoms with Gasteiger partial charge in [0.15, 0.2) is 15.2 Å². The lowest BCUT2D eigenvalue weighted by atomic mass is 9.65. The first kappa shape index (κ1) is 59.9. The summed E-state index contributed by atoms with van der Waals surface area (Å²) in [6.07, 6.45) is 5.90. The number of para-hydroxylation sites is 6. The van der Waals surface area contributed by atoms with Gasteiger partial charge in [0.1, 0.15) is 0 Å². The van der Waals surface area contributed by atoms with E-state index in [-0.39, 0.29) is 5.41 Å². The molecule has 16 aromatic rings. The molecule has 1 fully saturated rings. The lowest BCUT2D eigenvalue weighted by molar-refractivity contribution is 0.346. The van der Waals surface area contributed by atoms with Crippen LogP contribution in [0.2, 0.25) is 0 Å². The van der Waals surface area contributed by atoms with Crippen LogP contribution >= 0.6 is 7.14 Å². The Morgan fingerprint density at radius 2 is 0.552 bits per heavy atom. The Morgan fingerprint density at radius 3 is 0.917 bits per heavy atom. The van der Waals surface area contributed by atoms with Gasteiger partial charge in [0.25, 0.3) is 0 Å². The van der Waals surface area contributed by atoms with Crippen LogP contribution in [-0.4, -0.2) is 17.2 Å². The van der Waals surface area contributed by atoms with Crippen LogP contribution in [0.1, 0.15) is 43.2 Å². The molecule has 0 bridgehead atoms. The summed E-state index contributed by atoms with van der Waals surface area (Å²) in [5.74, 6) is 0. The molecule has 96 heavy (non-hydrogen) atoms. The third-order valence-corrected chi connectivity index (χ3v) is 28.0. The minimum Gasteiger partial charge on any atom is -0.311 e. The maximum absolute atomic E-state index is 15.0. The number of anilines is 3. The molecule has 0 unspecified atom stereocenters. The van der Waals surface area contributed by atoms with Crippen LogP contribution in [0.3, 0.4) is 0 Å². The Hall–Kier alpha value is -11.1. The predicted octanol–water partition coefficient (Wildman–Crippen LogP) is 19.3. The molecule has 2 aromatic heterocycles. The standard InChI is InChI=1S/C48H34N2Si.C42H38NOP/c1-3-15-37(16-4-1)51(38-17-5-2-6-18-38,39-31-27-35(28-32-39)49-45-23-11-7-19-41(45)42-20-8-12-24-46(42)49)40-33-29-36(30-34-40)50-47-25-13-9-21-43(47)44-22-10-14-26-48(44)50;44-45(39-20-10-3-11-21-39,40-22-12-4-13-23-40)41-30-26-35(27-31-41)42(32-14-5-15-33-42)34-24-28-38(29-25-34)43(36-16-6-1-7-17-36)37-18-8-2-9-19-37/h1-34H;1-4,6-13,16-31H,5,14-15,32-33H2. The van der Waals surface area contributed by atoms with Crippen molar-refractivity contribution in [3.8, 4) is 11.4 Å². The normalized spacial score (nSPS) is 13.1. The third kappa shape index (κ3) is 10.6. The highest BCUT2D eigenvalue weighted by atomic mass is 31.2. The van der Waals surface area contributed by atoms with Crippen molar-refractivity contribution in [1.29, 1.82) is 0 Å². The summed E-state index contributed by atoms with van der Waals surface area (Å²) in [5, 5.41) is 13.2. The van der Waals surface area contributed by atoms with Gasteiger partial charge in [0.05, 0.1) is 22.1 Å². The van der Waals surface area contributed by atoms with E-state index in [0.717, 1.165) is 45.8 Å². The van der Waals surface area contributed by atoms with Crippen LogP contribution < -0.4 is 41.6 Å². The molecule has 0 saturated heterocycles. The summed E-state index contributed by atoms with van der Waals surface area (Å²) >= 11 is 0. The van der Waals surface area contributed by atoms with Crippen molar-refractivity contribution >= 4 is 113 Å². The minimum atomic E-state index is -3.01.